The van der Waals surface area contributed by atoms with Gasteiger partial charge < -0.3 is 9.80 Å². The molecule has 3 aliphatic heterocycles. The van der Waals surface area contributed by atoms with E-state index in [1.807, 2.05) is 24.3 Å². The van der Waals surface area contributed by atoms with Crippen LogP contribution < -0.4 is 36.6 Å². The number of rotatable bonds is 2. The highest BCUT2D eigenvalue weighted by Crippen LogP contribution is 2.44. The molecule has 0 saturated carbocycles. The lowest BCUT2D eigenvalue weighted by atomic mass is 9.33. The van der Waals surface area contributed by atoms with Gasteiger partial charge in [-0.05, 0) is 89.2 Å². The predicted molar refractivity (Wildman–Crippen MR) is 157 cm³/mol. The van der Waals surface area contributed by atoms with Crippen LogP contribution in [0.2, 0.25) is 13.1 Å². The van der Waals surface area contributed by atoms with E-state index in [-0.39, 0.29) is 18.3 Å². The molecule has 0 unspecified atom stereocenters. The average molecular weight is 512 g/mol. The van der Waals surface area contributed by atoms with Gasteiger partial charge in [0.2, 0.25) is 0 Å². The van der Waals surface area contributed by atoms with Gasteiger partial charge in [0.15, 0.2) is 0 Å². The zero-order valence-corrected chi connectivity index (χ0v) is 22.0. The lowest BCUT2D eigenvalue weighted by Crippen LogP contribution is -2.79. The number of hydrogen-bond donors (Lipinski definition) is 0. The Morgan fingerprint density at radius 3 is 1.29 bits per heavy atom. The summed E-state index contributed by atoms with van der Waals surface area (Å²) in [5, 5.41) is 2.90. The maximum atomic E-state index is 14.0. The maximum Gasteiger partial charge on any atom is 0.251 e. The zero-order valence-electron chi connectivity index (χ0n) is 21.0. The SMILES string of the molecule is C[Si]1(C)c2cccc3c2B2c4c(cccc4N(c4ccc(F)cc4)c4cccc1c42)N3c1ccc(F)cc1. The van der Waals surface area contributed by atoms with E-state index in [0.29, 0.717) is 0 Å². The van der Waals surface area contributed by atoms with Crippen LogP contribution in [0.3, 0.4) is 0 Å². The minimum absolute atomic E-state index is 0.104. The molecule has 0 saturated heterocycles. The zero-order chi connectivity index (χ0) is 25.8. The second-order valence-electron chi connectivity index (χ2n) is 10.9. The van der Waals surface area contributed by atoms with Gasteiger partial charge in [-0.2, -0.15) is 0 Å². The standard InChI is InChI=1S/C32H23BF2N2Si/c1-38(2)28-10-4-8-26-31(28)33-30-24(36(26)22-16-12-20(34)13-17-22)6-3-7-25(30)37(23-18-14-21(35)15-19-23)27-9-5-11-29(38)32(27)33/h3-19H,1-2H3. The summed E-state index contributed by atoms with van der Waals surface area (Å²) in [6, 6.07) is 33.4. The maximum absolute atomic E-state index is 14.0. The molecule has 0 bridgehead atoms. The molecular formula is C32H23BF2N2Si. The van der Waals surface area contributed by atoms with E-state index in [2.05, 4.69) is 77.5 Å². The summed E-state index contributed by atoms with van der Waals surface area (Å²) in [7, 11) is -2.06. The molecule has 5 aromatic rings. The highest BCUT2D eigenvalue weighted by Gasteiger charge is 2.51. The van der Waals surface area contributed by atoms with E-state index in [1.54, 1.807) is 0 Å². The molecule has 3 heterocycles. The summed E-state index contributed by atoms with van der Waals surface area (Å²) in [6.45, 7) is 4.98. The summed E-state index contributed by atoms with van der Waals surface area (Å²) >= 11 is 0. The third-order valence-electron chi connectivity index (χ3n) is 8.57. The van der Waals surface area contributed by atoms with Crippen molar-refractivity contribution in [3.63, 3.8) is 0 Å². The first-order valence-electron chi connectivity index (χ1n) is 13.0. The third kappa shape index (κ3) is 2.70. The Bertz CT molecular complexity index is 1660. The molecule has 0 spiro atoms. The van der Waals surface area contributed by atoms with E-state index in [4.69, 9.17) is 0 Å². The third-order valence-corrected chi connectivity index (χ3v) is 12.1. The van der Waals surface area contributed by atoms with Gasteiger partial charge in [-0.25, -0.2) is 8.78 Å². The predicted octanol–water partition coefficient (Wildman–Crippen LogP) is 5.18. The molecule has 0 aromatic heterocycles. The molecule has 182 valence electrons. The number of benzene rings is 5. The Morgan fingerprint density at radius 2 is 0.868 bits per heavy atom. The summed E-state index contributed by atoms with van der Waals surface area (Å²) in [5.74, 6) is -0.494. The quantitative estimate of drug-likeness (QED) is 0.295. The molecule has 0 amide bonds. The van der Waals surface area contributed by atoms with Crippen molar-refractivity contribution in [3.8, 4) is 0 Å². The number of hydrogen-bond acceptors (Lipinski definition) is 2. The van der Waals surface area contributed by atoms with Crippen molar-refractivity contribution < 1.29 is 8.78 Å². The fourth-order valence-electron chi connectivity index (χ4n) is 6.99. The second kappa shape index (κ2) is 7.45. The molecule has 0 radical (unpaired) electrons. The normalized spacial score (nSPS) is 15.4. The van der Waals surface area contributed by atoms with Gasteiger partial charge in [-0.1, -0.05) is 53.8 Å². The van der Waals surface area contributed by atoms with Crippen LogP contribution in [0.5, 0.6) is 0 Å². The smallest absolute Gasteiger partial charge is 0.251 e. The van der Waals surface area contributed by atoms with Gasteiger partial charge in [0.1, 0.15) is 19.7 Å². The molecule has 0 fully saturated rings. The fourth-order valence-corrected chi connectivity index (χ4v) is 10.2. The molecular weight excluding hydrogens is 489 g/mol. The first-order chi connectivity index (χ1) is 18.4. The van der Waals surface area contributed by atoms with Crippen LogP contribution in [-0.4, -0.2) is 14.8 Å². The van der Waals surface area contributed by atoms with E-state index >= 15 is 0 Å². The van der Waals surface area contributed by atoms with E-state index < -0.39 is 8.07 Å². The minimum Gasteiger partial charge on any atom is -0.311 e. The van der Waals surface area contributed by atoms with E-state index in [0.717, 1.165) is 22.7 Å². The van der Waals surface area contributed by atoms with Gasteiger partial charge in [0.05, 0.1) is 0 Å². The molecule has 0 N–H and O–H groups in total. The van der Waals surface area contributed by atoms with Crippen LogP contribution >= 0.6 is 0 Å². The van der Waals surface area contributed by atoms with Crippen LogP contribution in [0.1, 0.15) is 0 Å². The second-order valence-corrected chi connectivity index (χ2v) is 15.2. The van der Waals surface area contributed by atoms with Gasteiger partial charge in [-0.3, -0.25) is 0 Å². The summed E-state index contributed by atoms with van der Waals surface area (Å²) in [6.07, 6.45) is 0. The first-order valence-corrected chi connectivity index (χ1v) is 16.0. The van der Waals surface area contributed by atoms with Crippen LogP contribution in [0.15, 0.2) is 103 Å². The fraction of sp³-hybridized carbons (Fsp3) is 0.0625. The average Bonchev–Trinajstić information content (AvgIpc) is 2.93. The van der Waals surface area contributed by atoms with E-state index in [9.17, 15) is 8.78 Å². The van der Waals surface area contributed by atoms with Crippen molar-refractivity contribution in [2.75, 3.05) is 9.80 Å². The highest BCUT2D eigenvalue weighted by atomic mass is 28.3. The van der Waals surface area contributed by atoms with Crippen molar-refractivity contribution in [1.82, 2.24) is 0 Å². The topological polar surface area (TPSA) is 6.48 Å². The summed E-state index contributed by atoms with van der Waals surface area (Å²) in [4.78, 5) is 4.58. The van der Waals surface area contributed by atoms with Crippen molar-refractivity contribution in [1.29, 1.82) is 0 Å². The lowest BCUT2D eigenvalue weighted by Gasteiger charge is -2.49. The van der Waals surface area contributed by atoms with Gasteiger partial charge in [0.25, 0.3) is 6.71 Å². The summed E-state index contributed by atoms with van der Waals surface area (Å²) in [5.41, 5.74) is 10.4. The number of anilines is 6. The summed E-state index contributed by atoms with van der Waals surface area (Å²) < 4.78 is 28.0. The van der Waals surface area contributed by atoms with Gasteiger partial charge in [0, 0.05) is 34.1 Å². The molecule has 6 heteroatoms. The Hall–Kier alpha value is -4.16. The van der Waals surface area contributed by atoms with Gasteiger partial charge in [-0.15, -0.1) is 0 Å². The lowest BCUT2D eigenvalue weighted by molar-refractivity contribution is 0.627. The molecule has 38 heavy (non-hydrogen) atoms. The molecule has 5 aromatic carbocycles. The first kappa shape index (κ1) is 21.9. The highest BCUT2D eigenvalue weighted by molar-refractivity contribution is 7.16. The molecule has 0 aliphatic carbocycles. The monoisotopic (exact) mass is 512 g/mol. The Kier molecular flexibility index (Phi) is 4.29. The van der Waals surface area contributed by atoms with Gasteiger partial charge >= 0.3 is 0 Å². The van der Waals surface area contributed by atoms with Crippen LogP contribution in [-0.2, 0) is 0 Å². The number of nitrogens with zero attached hydrogens (tertiary/aromatic N) is 2. The molecule has 8 rings (SSSR count). The van der Waals surface area contributed by atoms with E-state index in [1.165, 1.54) is 62.4 Å². The van der Waals surface area contributed by atoms with Crippen molar-refractivity contribution >= 4 is 75.7 Å². The molecule has 0 atom stereocenters. The largest absolute Gasteiger partial charge is 0.311 e. The number of halogens is 2. The van der Waals surface area contributed by atoms with Crippen LogP contribution in [0.25, 0.3) is 0 Å². The van der Waals surface area contributed by atoms with Crippen molar-refractivity contribution in [2.45, 2.75) is 13.1 Å². The Labute approximate surface area is 221 Å². The minimum atomic E-state index is -2.06. The Morgan fingerprint density at radius 1 is 0.500 bits per heavy atom. The van der Waals surface area contributed by atoms with Crippen LogP contribution in [0.4, 0.5) is 42.9 Å². The Balaban J connectivity index is 1.52. The van der Waals surface area contributed by atoms with Crippen molar-refractivity contribution in [3.05, 3.63) is 115 Å². The van der Waals surface area contributed by atoms with Crippen molar-refractivity contribution in [2.24, 2.45) is 0 Å². The molecule has 2 nitrogen and oxygen atoms in total. The molecule has 3 aliphatic rings. The van der Waals surface area contributed by atoms with Crippen LogP contribution in [0, 0.1) is 11.6 Å².